The van der Waals surface area contributed by atoms with Gasteiger partial charge in [-0.05, 0) is 86.9 Å². The van der Waals surface area contributed by atoms with Gasteiger partial charge in [0.25, 0.3) is 0 Å². The topological polar surface area (TPSA) is 12.0 Å². The number of nitrogens with one attached hydrogen (secondary N) is 1. The Morgan fingerprint density at radius 1 is 0.762 bits per heavy atom. The van der Waals surface area contributed by atoms with Crippen LogP contribution in [0.4, 0.5) is 0 Å². The first-order valence-corrected chi connectivity index (χ1v) is 9.95. The first kappa shape index (κ1) is 14.5. The monoisotopic (exact) mass is 289 g/mol. The van der Waals surface area contributed by atoms with Gasteiger partial charge >= 0.3 is 0 Å². The van der Waals surface area contributed by atoms with Crippen LogP contribution < -0.4 is 5.32 Å². The van der Waals surface area contributed by atoms with Crippen LogP contribution in [0.5, 0.6) is 0 Å². The van der Waals surface area contributed by atoms with Crippen molar-refractivity contribution in [3.05, 3.63) is 0 Å². The van der Waals surface area contributed by atoms with Gasteiger partial charge in [0.2, 0.25) is 0 Å². The molecule has 21 heavy (non-hydrogen) atoms. The minimum atomic E-state index is 0.844. The average molecular weight is 290 g/mol. The van der Waals surface area contributed by atoms with Crippen molar-refractivity contribution in [1.82, 2.24) is 5.32 Å². The Morgan fingerprint density at radius 3 is 2.05 bits per heavy atom. The Hall–Kier alpha value is -0.0400. The maximum Gasteiger partial charge on any atom is 0.0127 e. The van der Waals surface area contributed by atoms with E-state index in [-0.39, 0.29) is 0 Å². The molecule has 0 saturated heterocycles. The average Bonchev–Trinajstić information content (AvgIpc) is 2.67. The first-order valence-electron chi connectivity index (χ1n) is 9.95. The molecule has 0 amide bonds. The lowest BCUT2D eigenvalue weighted by atomic mass is 9.54. The summed E-state index contributed by atoms with van der Waals surface area (Å²) in [6.07, 6.45) is 15.2. The van der Waals surface area contributed by atoms with Crippen LogP contribution in [0.1, 0.15) is 78.1 Å². The summed E-state index contributed by atoms with van der Waals surface area (Å²) in [4.78, 5) is 0. The van der Waals surface area contributed by atoms with Crippen molar-refractivity contribution < 1.29 is 0 Å². The molecule has 2 atom stereocenters. The summed E-state index contributed by atoms with van der Waals surface area (Å²) >= 11 is 0. The van der Waals surface area contributed by atoms with Crippen LogP contribution in [-0.2, 0) is 0 Å². The van der Waals surface area contributed by atoms with Crippen molar-refractivity contribution in [2.24, 2.45) is 35.5 Å². The van der Waals surface area contributed by atoms with Crippen LogP contribution in [-0.4, -0.2) is 12.1 Å². The van der Waals surface area contributed by atoms with E-state index in [1.165, 1.54) is 32.1 Å². The smallest absolute Gasteiger partial charge is 0.0127 e. The SMILES string of the molecule is CC(C)C1CCCC(NC2C3CC4CC(C3)CC2C4)CC1. The largest absolute Gasteiger partial charge is 0.311 e. The van der Waals surface area contributed by atoms with Gasteiger partial charge in [-0.25, -0.2) is 0 Å². The molecule has 0 spiro atoms. The Morgan fingerprint density at radius 2 is 1.43 bits per heavy atom. The molecule has 120 valence electrons. The molecule has 5 saturated carbocycles. The quantitative estimate of drug-likeness (QED) is 0.720. The molecule has 2 unspecified atom stereocenters. The van der Waals surface area contributed by atoms with Crippen LogP contribution in [0.2, 0.25) is 0 Å². The van der Waals surface area contributed by atoms with Crippen LogP contribution >= 0.6 is 0 Å². The predicted molar refractivity (Wildman–Crippen MR) is 89.2 cm³/mol. The Kier molecular flexibility index (Phi) is 4.07. The van der Waals surface area contributed by atoms with Crippen LogP contribution in [0.15, 0.2) is 0 Å². The third-order valence-electron chi connectivity index (χ3n) is 7.61. The third-order valence-corrected chi connectivity index (χ3v) is 7.61. The molecule has 4 bridgehead atoms. The van der Waals surface area contributed by atoms with Crippen molar-refractivity contribution in [1.29, 1.82) is 0 Å². The van der Waals surface area contributed by atoms with E-state index in [4.69, 9.17) is 0 Å². The van der Waals surface area contributed by atoms with E-state index in [0.29, 0.717) is 0 Å². The lowest BCUT2D eigenvalue weighted by molar-refractivity contribution is -0.0183. The molecule has 1 nitrogen and oxygen atoms in total. The van der Waals surface area contributed by atoms with Crippen molar-refractivity contribution in [2.75, 3.05) is 0 Å². The molecule has 5 aliphatic rings. The number of hydrogen-bond donors (Lipinski definition) is 1. The van der Waals surface area contributed by atoms with Crippen molar-refractivity contribution in [3.63, 3.8) is 0 Å². The molecule has 0 aliphatic heterocycles. The molecular weight excluding hydrogens is 254 g/mol. The first-order chi connectivity index (χ1) is 10.2. The summed E-state index contributed by atoms with van der Waals surface area (Å²) in [6, 6.07) is 1.75. The zero-order chi connectivity index (χ0) is 14.4. The van der Waals surface area contributed by atoms with Gasteiger partial charge in [-0.2, -0.15) is 0 Å². The summed E-state index contributed by atoms with van der Waals surface area (Å²) in [6.45, 7) is 4.85. The van der Waals surface area contributed by atoms with E-state index in [1.807, 2.05) is 0 Å². The minimum absolute atomic E-state index is 0.844. The molecule has 5 rings (SSSR count). The fourth-order valence-corrected chi connectivity index (χ4v) is 6.63. The van der Waals surface area contributed by atoms with Gasteiger partial charge in [0, 0.05) is 12.1 Å². The zero-order valence-electron chi connectivity index (χ0n) is 14.2. The number of rotatable bonds is 3. The zero-order valence-corrected chi connectivity index (χ0v) is 14.2. The minimum Gasteiger partial charge on any atom is -0.311 e. The van der Waals surface area contributed by atoms with Crippen LogP contribution in [0, 0.1) is 35.5 Å². The molecule has 0 aromatic carbocycles. The van der Waals surface area contributed by atoms with Crippen molar-refractivity contribution in [3.8, 4) is 0 Å². The second-order valence-corrected chi connectivity index (χ2v) is 9.33. The second-order valence-electron chi connectivity index (χ2n) is 9.33. The third kappa shape index (κ3) is 2.92. The molecule has 5 fully saturated rings. The molecule has 0 aromatic rings. The summed E-state index contributed by atoms with van der Waals surface area (Å²) in [5.41, 5.74) is 0. The number of hydrogen-bond acceptors (Lipinski definition) is 1. The predicted octanol–water partition coefficient (Wildman–Crippen LogP) is 5.01. The Labute approximate surface area is 131 Å². The van der Waals surface area contributed by atoms with Gasteiger partial charge in [-0.15, -0.1) is 0 Å². The molecule has 0 radical (unpaired) electrons. The standard InChI is InChI=1S/C20H35N/c1-13(2)16-4-3-5-19(7-6-16)21-20-17-9-14-8-15(11-17)12-18(20)10-14/h13-21H,3-12H2,1-2H3. The highest BCUT2D eigenvalue weighted by Gasteiger charge is 2.48. The lowest BCUT2D eigenvalue weighted by Gasteiger charge is -2.55. The highest BCUT2D eigenvalue weighted by atomic mass is 15.0. The molecule has 1 heteroatoms. The summed E-state index contributed by atoms with van der Waals surface area (Å²) in [5, 5.41) is 4.20. The van der Waals surface area contributed by atoms with Gasteiger partial charge in [-0.3, -0.25) is 0 Å². The van der Waals surface area contributed by atoms with Crippen LogP contribution in [0.25, 0.3) is 0 Å². The van der Waals surface area contributed by atoms with Gasteiger partial charge in [0.05, 0.1) is 0 Å². The van der Waals surface area contributed by atoms with Gasteiger partial charge in [-0.1, -0.05) is 26.7 Å². The Bertz CT molecular complexity index is 333. The van der Waals surface area contributed by atoms with E-state index in [1.54, 1.807) is 32.1 Å². The summed E-state index contributed by atoms with van der Waals surface area (Å²) in [5.74, 6) is 6.21. The van der Waals surface area contributed by atoms with E-state index >= 15 is 0 Å². The maximum absolute atomic E-state index is 4.20. The van der Waals surface area contributed by atoms with Crippen LogP contribution in [0.3, 0.4) is 0 Å². The normalized spacial score (nSPS) is 49.6. The molecule has 0 heterocycles. The van der Waals surface area contributed by atoms with E-state index in [9.17, 15) is 0 Å². The Balaban J connectivity index is 1.36. The molecule has 5 aliphatic carbocycles. The van der Waals surface area contributed by atoms with Gasteiger partial charge in [0.1, 0.15) is 0 Å². The maximum atomic E-state index is 4.20. The molecule has 1 N–H and O–H groups in total. The summed E-state index contributed by atoms with van der Waals surface area (Å²) in [7, 11) is 0. The molecule has 0 aromatic heterocycles. The lowest BCUT2D eigenvalue weighted by Crippen LogP contribution is -2.56. The fraction of sp³-hybridized carbons (Fsp3) is 1.00. The highest BCUT2D eigenvalue weighted by molar-refractivity contribution is 5.02. The second kappa shape index (κ2) is 5.87. The fourth-order valence-electron chi connectivity index (χ4n) is 6.63. The highest BCUT2D eigenvalue weighted by Crippen LogP contribution is 2.53. The van der Waals surface area contributed by atoms with E-state index < -0.39 is 0 Å². The van der Waals surface area contributed by atoms with Gasteiger partial charge in [0.15, 0.2) is 0 Å². The van der Waals surface area contributed by atoms with E-state index in [2.05, 4.69) is 19.2 Å². The van der Waals surface area contributed by atoms with Crippen molar-refractivity contribution >= 4 is 0 Å². The summed E-state index contributed by atoms with van der Waals surface area (Å²) < 4.78 is 0. The van der Waals surface area contributed by atoms with Crippen molar-refractivity contribution in [2.45, 2.75) is 90.1 Å². The molecular formula is C20H35N. The van der Waals surface area contributed by atoms with E-state index in [0.717, 1.165) is 47.6 Å². The van der Waals surface area contributed by atoms with Gasteiger partial charge < -0.3 is 5.32 Å².